The van der Waals surface area contributed by atoms with E-state index < -0.39 is 0 Å². The van der Waals surface area contributed by atoms with Crippen LogP contribution in [0.4, 0.5) is 5.69 Å². The van der Waals surface area contributed by atoms with Crippen molar-refractivity contribution < 1.29 is 9.37 Å². The lowest BCUT2D eigenvalue weighted by molar-refractivity contribution is -0.398. The van der Waals surface area contributed by atoms with E-state index in [2.05, 4.69) is 0 Å². The molecule has 0 fully saturated rings. The molecule has 17 heavy (non-hydrogen) atoms. The molecule has 0 radical (unpaired) electrons. The molecule has 0 unspecified atom stereocenters. The van der Waals surface area contributed by atoms with E-state index in [-0.39, 0.29) is 5.78 Å². The first kappa shape index (κ1) is 11.3. The van der Waals surface area contributed by atoms with Gasteiger partial charge in [-0.3, -0.25) is 4.79 Å². The molecule has 0 bridgehead atoms. The molecule has 0 aliphatic rings. The van der Waals surface area contributed by atoms with Gasteiger partial charge >= 0.3 is 0 Å². The lowest BCUT2D eigenvalue weighted by atomic mass is 10.1. The Morgan fingerprint density at radius 1 is 0.941 bits per heavy atom. The zero-order valence-corrected chi connectivity index (χ0v) is 9.71. The molecule has 0 amide bonds. The molecule has 0 spiro atoms. The smallest absolute Gasteiger partial charge is 0.248 e. The van der Waals surface area contributed by atoms with Crippen LogP contribution in [0.1, 0.15) is 10.4 Å². The van der Waals surface area contributed by atoms with Gasteiger partial charge < -0.3 is 0 Å². The maximum Gasteiger partial charge on any atom is 0.248 e. The molecule has 0 N–H and O–H groups in total. The van der Waals surface area contributed by atoms with Gasteiger partial charge in [0.25, 0.3) is 0 Å². The summed E-state index contributed by atoms with van der Waals surface area (Å²) in [5.74, 6) is 0.0111. The Bertz CT molecular complexity index is 529. The van der Waals surface area contributed by atoms with Crippen LogP contribution in [0, 0.1) is 0 Å². The Kier molecular flexibility index (Phi) is 3.46. The highest BCUT2D eigenvalue weighted by Gasteiger charge is 2.08. The van der Waals surface area contributed by atoms with Crippen LogP contribution in [0.15, 0.2) is 60.7 Å². The van der Waals surface area contributed by atoms with Gasteiger partial charge in [0.15, 0.2) is 0 Å². The fraction of sp³-hybridized carbons (Fsp3) is 0.0667. The van der Waals surface area contributed by atoms with Gasteiger partial charge in [-0.1, -0.05) is 48.5 Å². The first-order valence-electron chi connectivity index (χ1n) is 5.49. The highest BCUT2D eigenvalue weighted by Crippen LogP contribution is 2.08. The quantitative estimate of drug-likeness (QED) is 0.446. The summed E-state index contributed by atoms with van der Waals surface area (Å²) in [4.78, 5) is 11.9. The van der Waals surface area contributed by atoms with Crippen LogP contribution in [0.25, 0.3) is 0 Å². The van der Waals surface area contributed by atoms with Crippen molar-refractivity contribution in [3.8, 4) is 0 Å². The third-order valence-electron chi connectivity index (χ3n) is 2.53. The van der Waals surface area contributed by atoms with Crippen LogP contribution in [0.5, 0.6) is 0 Å². The maximum absolute atomic E-state index is 11.9. The Labute approximate surface area is 101 Å². The topological polar surface area (TPSA) is 20.1 Å². The fourth-order valence-corrected chi connectivity index (χ4v) is 1.59. The number of nitrogens with zero attached hydrogens (tertiary/aromatic N) is 1. The van der Waals surface area contributed by atoms with Gasteiger partial charge in [-0.2, -0.15) is 4.58 Å². The number of ketones is 1. The molecule has 2 heteroatoms. The maximum atomic E-state index is 11.9. The van der Waals surface area contributed by atoms with Gasteiger partial charge in [-0.15, -0.1) is 0 Å². The SMILES string of the molecule is C[N+](=CC(=O)c1ccccc1)c1ccccc1. The number of hydrogen-bond acceptors (Lipinski definition) is 1. The van der Waals surface area contributed by atoms with Crippen LogP contribution in [-0.2, 0) is 0 Å². The summed E-state index contributed by atoms with van der Waals surface area (Å²) >= 11 is 0. The van der Waals surface area contributed by atoms with E-state index in [0.29, 0.717) is 5.56 Å². The van der Waals surface area contributed by atoms with Crippen molar-refractivity contribution in [1.82, 2.24) is 0 Å². The molecule has 0 saturated carbocycles. The van der Waals surface area contributed by atoms with E-state index in [1.165, 1.54) is 0 Å². The van der Waals surface area contributed by atoms with Crippen LogP contribution < -0.4 is 0 Å². The first-order chi connectivity index (χ1) is 8.27. The van der Waals surface area contributed by atoms with Crippen molar-refractivity contribution in [3.05, 3.63) is 66.2 Å². The Morgan fingerprint density at radius 3 is 2.06 bits per heavy atom. The molecule has 0 heterocycles. The van der Waals surface area contributed by atoms with E-state index >= 15 is 0 Å². The summed E-state index contributed by atoms with van der Waals surface area (Å²) in [5.41, 5.74) is 1.70. The molecule has 2 aromatic rings. The number of carbonyl (C=O) groups is 1. The van der Waals surface area contributed by atoms with Crippen LogP contribution in [-0.4, -0.2) is 23.6 Å². The van der Waals surface area contributed by atoms with Gasteiger partial charge in [0.05, 0.1) is 0 Å². The zero-order valence-electron chi connectivity index (χ0n) is 9.71. The average molecular weight is 224 g/mol. The molecule has 0 saturated heterocycles. The van der Waals surface area contributed by atoms with Gasteiger partial charge in [0, 0.05) is 17.7 Å². The third-order valence-corrected chi connectivity index (χ3v) is 2.53. The molecule has 84 valence electrons. The molecular formula is C15H14NO+. The summed E-state index contributed by atoms with van der Waals surface area (Å²) in [7, 11) is 1.87. The minimum atomic E-state index is 0.0111. The number of hydrogen-bond donors (Lipinski definition) is 0. The monoisotopic (exact) mass is 224 g/mol. The van der Waals surface area contributed by atoms with Crippen molar-refractivity contribution in [2.75, 3.05) is 7.05 Å². The van der Waals surface area contributed by atoms with E-state index in [4.69, 9.17) is 0 Å². The van der Waals surface area contributed by atoms with Gasteiger partial charge in [0.2, 0.25) is 17.7 Å². The van der Waals surface area contributed by atoms with Gasteiger partial charge in [0.1, 0.15) is 7.05 Å². The fourth-order valence-electron chi connectivity index (χ4n) is 1.59. The summed E-state index contributed by atoms with van der Waals surface area (Å²) in [6.07, 6.45) is 1.60. The summed E-state index contributed by atoms with van der Waals surface area (Å²) in [6, 6.07) is 19.1. The number of rotatable bonds is 3. The highest BCUT2D eigenvalue weighted by atomic mass is 16.1. The predicted octanol–water partition coefficient (Wildman–Crippen LogP) is 2.91. The zero-order chi connectivity index (χ0) is 12.1. The molecule has 0 aliphatic carbocycles. The summed E-state index contributed by atoms with van der Waals surface area (Å²) < 4.78 is 1.83. The Hall–Kier alpha value is -2.22. The van der Waals surface area contributed by atoms with Gasteiger partial charge in [-0.05, 0) is 0 Å². The van der Waals surface area contributed by atoms with E-state index in [1.54, 1.807) is 6.21 Å². The highest BCUT2D eigenvalue weighted by molar-refractivity contribution is 6.33. The molecule has 0 aromatic heterocycles. The molecule has 0 aliphatic heterocycles. The van der Waals surface area contributed by atoms with Crippen molar-refractivity contribution >= 4 is 17.7 Å². The largest absolute Gasteiger partial charge is 0.283 e. The second kappa shape index (κ2) is 5.21. The average Bonchev–Trinajstić information content (AvgIpc) is 2.40. The van der Waals surface area contributed by atoms with E-state index in [0.717, 1.165) is 5.69 Å². The molecule has 2 aromatic carbocycles. The second-order valence-electron chi connectivity index (χ2n) is 3.81. The van der Waals surface area contributed by atoms with Crippen molar-refractivity contribution in [2.45, 2.75) is 0 Å². The van der Waals surface area contributed by atoms with E-state index in [1.807, 2.05) is 72.3 Å². The Morgan fingerprint density at radius 2 is 1.47 bits per heavy atom. The molecule has 2 nitrogen and oxygen atoms in total. The lowest BCUT2D eigenvalue weighted by Crippen LogP contribution is -2.09. The standard InChI is InChI=1S/C15H14NO/c1-16(14-10-6-3-7-11-14)12-15(17)13-8-4-2-5-9-13/h2-12H,1H3/q+1. The van der Waals surface area contributed by atoms with Crippen LogP contribution in [0.2, 0.25) is 0 Å². The first-order valence-corrected chi connectivity index (χ1v) is 5.49. The lowest BCUT2D eigenvalue weighted by Gasteiger charge is -1.96. The van der Waals surface area contributed by atoms with Crippen LogP contribution >= 0.6 is 0 Å². The summed E-state index contributed by atoms with van der Waals surface area (Å²) in [5, 5.41) is 0. The number of carbonyl (C=O) groups excluding carboxylic acids is 1. The van der Waals surface area contributed by atoms with Crippen molar-refractivity contribution in [3.63, 3.8) is 0 Å². The van der Waals surface area contributed by atoms with E-state index in [9.17, 15) is 4.79 Å². The minimum absolute atomic E-state index is 0.0111. The number of para-hydroxylation sites is 1. The molecule has 2 rings (SSSR count). The third kappa shape index (κ3) is 2.88. The molecule has 0 atom stereocenters. The van der Waals surface area contributed by atoms with Crippen LogP contribution in [0.3, 0.4) is 0 Å². The number of benzene rings is 2. The molecular weight excluding hydrogens is 210 g/mol. The Balaban J connectivity index is 2.24. The van der Waals surface area contributed by atoms with Crippen molar-refractivity contribution in [2.24, 2.45) is 0 Å². The normalized spacial score (nSPS) is 11.2. The number of Topliss-reactive ketones (excluding diaryl/α,β-unsaturated/α-hetero) is 1. The predicted molar refractivity (Wildman–Crippen MR) is 69.1 cm³/mol. The summed E-state index contributed by atoms with van der Waals surface area (Å²) in [6.45, 7) is 0. The minimum Gasteiger partial charge on any atom is -0.283 e. The second-order valence-corrected chi connectivity index (χ2v) is 3.81. The van der Waals surface area contributed by atoms with Crippen molar-refractivity contribution in [1.29, 1.82) is 0 Å². The van der Waals surface area contributed by atoms with Gasteiger partial charge in [-0.25, -0.2) is 0 Å².